The van der Waals surface area contributed by atoms with Crippen LogP contribution in [-0.4, -0.2) is 36.1 Å². The first-order valence-electron chi connectivity index (χ1n) is 11.6. The first-order chi connectivity index (χ1) is 16.0. The molecule has 0 spiro atoms. The van der Waals surface area contributed by atoms with Crippen molar-refractivity contribution in [2.24, 2.45) is 9.98 Å². The van der Waals surface area contributed by atoms with Crippen molar-refractivity contribution in [1.29, 1.82) is 0 Å². The highest BCUT2D eigenvalue weighted by Gasteiger charge is 2.16. The maximum absolute atomic E-state index is 12.9. The van der Waals surface area contributed by atoms with Crippen LogP contribution in [0.4, 0.5) is 11.4 Å². The van der Waals surface area contributed by atoms with Gasteiger partial charge in [0.25, 0.3) is 5.91 Å². The van der Waals surface area contributed by atoms with Crippen molar-refractivity contribution >= 4 is 41.3 Å². The molecular formula is C27H32ClN3O2. The second kappa shape index (κ2) is 13.1. The Morgan fingerprint density at radius 3 is 2.70 bits per heavy atom. The normalized spacial score (nSPS) is 16.3. The van der Waals surface area contributed by atoms with E-state index in [9.17, 15) is 4.79 Å². The number of aliphatic hydroxyl groups excluding tert-OH is 1. The Morgan fingerprint density at radius 1 is 1.12 bits per heavy atom. The summed E-state index contributed by atoms with van der Waals surface area (Å²) in [6.45, 7) is 2.33. The summed E-state index contributed by atoms with van der Waals surface area (Å²) in [5.41, 5.74) is 4.18. The Bertz CT molecular complexity index is 1010. The van der Waals surface area contributed by atoms with Crippen molar-refractivity contribution in [3.63, 3.8) is 0 Å². The maximum atomic E-state index is 12.9. The summed E-state index contributed by atoms with van der Waals surface area (Å²) in [6.07, 6.45) is 12.5. The number of benzene rings is 2. The molecule has 2 aromatic rings. The molecule has 0 saturated heterocycles. The van der Waals surface area contributed by atoms with Crippen LogP contribution in [0.1, 0.15) is 67.8 Å². The van der Waals surface area contributed by atoms with Gasteiger partial charge in [0.2, 0.25) is 0 Å². The molecule has 0 aromatic heterocycles. The van der Waals surface area contributed by atoms with Gasteiger partial charge in [-0.2, -0.15) is 0 Å². The van der Waals surface area contributed by atoms with Crippen molar-refractivity contribution < 1.29 is 9.90 Å². The van der Waals surface area contributed by atoms with Crippen molar-refractivity contribution in [3.8, 4) is 0 Å². The van der Waals surface area contributed by atoms with Crippen LogP contribution < -0.4 is 5.32 Å². The highest BCUT2D eigenvalue weighted by molar-refractivity contribution is 6.30. The van der Waals surface area contributed by atoms with Crippen molar-refractivity contribution in [2.45, 2.75) is 57.9 Å². The molecule has 1 aliphatic carbocycles. The number of nitrogens with one attached hydrogen (secondary N) is 1. The fourth-order valence-electron chi connectivity index (χ4n) is 3.73. The van der Waals surface area contributed by atoms with E-state index in [1.54, 1.807) is 18.3 Å². The highest BCUT2D eigenvalue weighted by Crippen LogP contribution is 2.29. The largest absolute Gasteiger partial charge is 0.396 e. The molecule has 3 rings (SSSR count). The summed E-state index contributed by atoms with van der Waals surface area (Å²) >= 11 is 5.96. The van der Waals surface area contributed by atoms with Gasteiger partial charge in [-0.1, -0.05) is 41.8 Å². The van der Waals surface area contributed by atoms with Gasteiger partial charge in [0.05, 0.1) is 11.4 Å². The van der Waals surface area contributed by atoms with E-state index in [4.69, 9.17) is 16.7 Å². The minimum atomic E-state index is -0.0985. The van der Waals surface area contributed by atoms with Gasteiger partial charge in [-0.25, -0.2) is 0 Å². The summed E-state index contributed by atoms with van der Waals surface area (Å²) < 4.78 is 0. The SMILES string of the molecule is CC1=CC(NC(=O)c2ccc(N=Cc3ccc(Cl)cc3)c(N=CCCCCCO)c2)CCC1. The first kappa shape index (κ1) is 24.9. The lowest BCUT2D eigenvalue weighted by atomic mass is 9.96. The van der Waals surface area contributed by atoms with Crippen LogP contribution >= 0.6 is 11.6 Å². The summed E-state index contributed by atoms with van der Waals surface area (Å²) in [7, 11) is 0. The second-order valence-electron chi connectivity index (χ2n) is 8.38. The number of aliphatic imine (C=N–C) groups is 2. The quantitative estimate of drug-likeness (QED) is 0.236. The Kier molecular flexibility index (Phi) is 9.85. The Labute approximate surface area is 201 Å². The average Bonchev–Trinajstić information content (AvgIpc) is 2.81. The zero-order valence-corrected chi connectivity index (χ0v) is 19.9. The Balaban J connectivity index is 1.77. The van der Waals surface area contributed by atoms with Crippen LogP contribution in [0, 0.1) is 0 Å². The summed E-state index contributed by atoms with van der Waals surface area (Å²) in [6, 6.07) is 13.0. The molecule has 0 fully saturated rings. The molecule has 1 atom stereocenters. The van der Waals surface area contributed by atoms with Crippen molar-refractivity contribution in [2.75, 3.05) is 6.61 Å². The lowest BCUT2D eigenvalue weighted by molar-refractivity contribution is 0.0942. The van der Waals surface area contributed by atoms with Crippen LogP contribution in [-0.2, 0) is 0 Å². The molecule has 1 amide bonds. The van der Waals surface area contributed by atoms with Crippen LogP contribution in [0.5, 0.6) is 0 Å². The molecular weight excluding hydrogens is 434 g/mol. The number of halogens is 1. The number of carbonyl (C=O) groups excluding carboxylic acids is 1. The minimum Gasteiger partial charge on any atom is -0.396 e. The van der Waals surface area contributed by atoms with Crippen molar-refractivity contribution in [3.05, 3.63) is 70.3 Å². The standard InChI is InChI=1S/C27H32ClN3O2/c1-20-7-6-8-24(17-20)31-27(33)22-11-14-25(30-19-21-9-12-23(28)13-10-21)26(18-22)29-15-4-2-3-5-16-32/h9-15,17-19,24,32H,2-8,16H2,1H3,(H,31,33). The number of aliphatic hydroxyl groups is 1. The zero-order chi connectivity index (χ0) is 23.5. The summed E-state index contributed by atoms with van der Waals surface area (Å²) in [5, 5.41) is 12.7. The predicted octanol–water partition coefficient (Wildman–Crippen LogP) is 6.57. The number of carbonyl (C=O) groups is 1. The van der Waals surface area contributed by atoms with E-state index in [-0.39, 0.29) is 18.6 Å². The lowest BCUT2D eigenvalue weighted by Gasteiger charge is -2.20. The molecule has 0 saturated carbocycles. The minimum absolute atomic E-state index is 0.0762. The van der Waals surface area contributed by atoms with E-state index >= 15 is 0 Å². The number of amides is 1. The van der Waals surface area contributed by atoms with Gasteiger partial charge in [-0.3, -0.25) is 14.8 Å². The molecule has 5 nitrogen and oxygen atoms in total. The molecule has 0 aliphatic heterocycles. The van der Waals surface area contributed by atoms with E-state index in [1.165, 1.54) is 5.57 Å². The Hall–Kier alpha value is -2.76. The number of nitrogens with zero attached hydrogens (tertiary/aromatic N) is 2. The zero-order valence-electron chi connectivity index (χ0n) is 19.1. The molecule has 1 unspecified atom stereocenters. The fourth-order valence-corrected chi connectivity index (χ4v) is 3.86. The number of allylic oxidation sites excluding steroid dienone is 1. The summed E-state index contributed by atoms with van der Waals surface area (Å²) in [4.78, 5) is 22.1. The molecule has 174 valence electrons. The monoisotopic (exact) mass is 465 g/mol. The maximum Gasteiger partial charge on any atom is 0.251 e. The fraction of sp³-hybridized carbons (Fsp3) is 0.370. The molecule has 0 bridgehead atoms. The van der Waals surface area contributed by atoms with E-state index in [2.05, 4.69) is 28.3 Å². The van der Waals surface area contributed by atoms with E-state index in [0.29, 0.717) is 22.0 Å². The number of hydrogen-bond acceptors (Lipinski definition) is 4. The number of rotatable bonds is 10. The first-order valence-corrected chi connectivity index (χ1v) is 12.0. The molecule has 33 heavy (non-hydrogen) atoms. The summed E-state index contributed by atoms with van der Waals surface area (Å²) in [5.74, 6) is -0.0985. The second-order valence-corrected chi connectivity index (χ2v) is 8.82. The highest BCUT2D eigenvalue weighted by atomic mass is 35.5. The molecule has 2 aromatic carbocycles. The lowest BCUT2D eigenvalue weighted by Crippen LogP contribution is -2.34. The average molecular weight is 466 g/mol. The van der Waals surface area contributed by atoms with Gasteiger partial charge in [0, 0.05) is 35.7 Å². The van der Waals surface area contributed by atoms with Gasteiger partial charge in [0.15, 0.2) is 0 Å². The molecule has 6 heteroatoms. The number of unbranched alkanes of at least 4 members (excludes halogenated alkanes) is 3. The predicted molar refractivity (Wildman–Crippen MR) is 138 cm³/mol. The molecule has 0 heterocycles. The van der Waals surface area contributed by atoms with E-state index in [0.717, 1.165) is 50.5 Å². The third kappa shape index (κ3) is 8.26. The van der Waals surface area contributed by atoms with Gasteiger partial charge < -0.3 is 10.4 Å². The molecule has 0 radical (unpaired) electrons. The van der Waals surface area contributed by atoms with Crippen LogP contribution in [0.15, 0.2) is 64.1 Å². The van der Waals surface area contributed by atoms with Crippen molar-refractivity contribution in [1.82, 2.24) is 5.32 Å². The molecule has 1 aliphatic rings. The third-order valence-electron chi connectivity index (χ3n) is 5.57. The van der Waals surface area contributed by atoms with Gasteiger partial charge >= 0.3 is 0 Å². The molecule has 2 N–H and O–H groups in total. The smallest absolute Gasteiger partial charge is 0.251 e. The third-order valence-corrected chi connectivity index (χ3v) is 5.82. The number of hydrogen-bond donors (Lipinski definition) is 2. The van der Waals surface area contributed by atoms with E-state index in [1.807, 2.05) is 36.5 Å². The van der Waals surface area contributed by atoms with Crippen LogP contribution in [0.25, 0.3) is 0 Å². The van der Waals surface area contributed by atoms with Crippen LogP contribution in [0.3, 0.4) is 0 Å². The topological polar surface area (TPSA) is 74.0 Å². The van der Waals surface area contributed by atoms with Gasteiger partial charge in [-0.05, 0) is 81.3 Å². The van der Waals surface area contributed by atoms with Gasteiger partial charge in [-0.15, -0.1) is 0 Å². The van der Waals surface area contributed by atoms with E-state index < -0.39 is 0 Å². The Morgan fingerprint density at radius 2 is 1.94 bits per heavy atom. The van der Waals surface area contributed by atoms with Crippen LogP contribution in [0.2, 0.25) is 5.02 Å². The van der Waals surface area contributed by atoms with Gasteiger partial charge in [0.1, 0.15) is 0 Å².